The quantitative estimate of drug-likeness (QED) is 0.763. The molecule has 23 heavy (non-hydrogen) atoms. The van der Waals surface area contributed by atoms with Gasteiger partial charge in [0, 0.05) is 6.10 Å². The van der Waals surface area contributed by atoms with Crippen molar-refractivity contribution >= 4 is 14.4 Å². The molecule has 3 atom stereocenters. The summed E-state index contributed by atoms with van der Waals surface area (Å²) in [6.07, 6.45) is 1.01. The smallest absolute Gasteiger partial charge is 0.407 e. The summed E-state index contributed by atoms with van der Waals surface area (Å²) >= 11 is 0. The minimum atomic E-state index is -1.96. The average molecular weight is 346 g/mol. The minimum Gasteiger partial charge on any atom is -0.561 e. The maximum Gasteiger partial charge on any atom is 0.407 e. The Labute approximate surface area is 142 Å². The molecule has 0 aromatic heterocycles. The lowest BCUT2D eigenvalue weighted by Gasteiger charge is -2.53. The standard InChI is InChI=1S/C17H35NO4Si/c1-16(2,3)21-15(20)18-13-10-9-12(19)11-14(13)22-23(7,8)17(4,5)6/h12-14,19H,9-11H2,1-8H3,(H,18,20)/q-1/t12-,13?,14-/m1/s1. The molecule has 2 N–H and O–H groups in total. The third-order valence-corrected chi connectivity index (χ3v) is 9.22. The highest BCUT2D eigenvalue weighted by atomic mass is 28.4. The number of nitrogens with one attached hydrogen (secondary N) is 1. The SMILES string of the molecule is CC(C)(C)OC(=O)NC1CC[C@@H](O)C[C@H]1O[Si-](C)(C)C(C)(C)C. The van der Waals surface area contributed by atoms with Crippen molar-refractivity contribution in [1.29, 1.82) is 0 Å². The monoisotopic (exact) mass is 345 g/mol. The average Bonchev–Trinajstić information content (AvgIpc) is 2.28. The number of ether oxygens (including phenoxy) is 1. The van der Waals surface area contributed by atoms with Crippen LogP contribution in [0.3, 0.4) is 0 Å². The zero-order valence-corrected chi connectivity index (χ0v) is 17.0. The maximum atomic E-state index is 12.1. The highest BCUT2D eigenvalue weighted by molar-refractivity contribution is 6.74. The fraction of sp³-hybridized carbons (Fsp3) is 0.941. The van der Waals surface area contributed by atoms with Crippen molar-refractivity contribution in [1.82, 2.24) is 5.32 Å². The Bertz CT molecular complexity index is 412. The second kappa shape index (κ2) is 7.11. The summed E-state index contributed by atoms with van der Waals surface area (Å²) in [6.45, 7) is 16.5. The van der Waals surface area contributed by atoms with Crippen LogP contribution < -0.4 is 5.32 Å². The van der Waals surface area contributed by atoms with E-state index in [0.717, 1.165) is 0 Å². The van der Waals surface area contributed by atoms with Crippen LogP contribution in [-0.4, -0.2) is 43.4 Å². The molecule has 0 spiro atoms. The van der Waals surface area contributed by atoms with Gasteiger partial charge in [-0.05, 0) is 48.4 Å². The van der Waals surface area contributed by atoms with Gasteiger partial charge in [0.2, 0.25) is 0 Å². The third kappa shape index (κ3) is 6.43. The summed E-state index contributed by atoms with van der Waals surface area (Å²) in [7, 11) is -1.96. The molecular weight excluding hydrogens is 310 g/mol. The van der Waals surface area contributed by atoms with Gasteiger partial charge in [0.15, 0.2) is 0 Å². The fourth-order valence-electron chi connectivity index (χ4n) is 2.42. The van der Waals surface area contributed by atoms with Crippen LogP contribution in [0.5, 0.6) is 0 Å². The lowest BCUT2D eigenvalue weighted by Crippen LogP contribution is -2.55. The van der Waals surface area contributed by atoms with E-state index >= 15 is 0 Å². The number of aliphatic hydroxyl groups excluding tert-OH is 1. The van der Waals surface area contributed by atoms with Gasteiger partial charge < -0.3 is 19.6 Å². The molecule has 1 amide bonds. The molecule has 0 aromatic carbocycles. The topological polar surface area (TPSA) is 67.8 Å². The van der Waals surface area contributed by atoms with E-state index in [4.69, 9.17) is 9.16 Å². The number of hydrogen-bond acceptors (Lipinski definition) is 4. The maximum absolute atomic E-state index is 12.1. The number of rotatable bonds is 3. The number of alkyl carbamates (subject to hydrolysis) is 1. The summed E-state index contributed by atoms with van der Waals surface area (Å²) in [5.41, 5.74) is -0.520. The zero-order chi connectivity index (χ0) is 18.1. The fourth-order valence-corrected chi connectivity index (χ4v) is 3.79. The summed E-state index contributed by atoms with van der Waals surface area (Å²) in [5, 5.41) is 13.0. The van der Waals surface area contributed by atoms with Crippen molar-refractivity contribution in [3.8, 4) is 0 Å². The van der Waals surface area contributed by atoms with Gasteiger partial charge in [0.25, 0.3) is 0 Å². The van der Waals surface area contributed by atoms with E-state index < -0.39 is 20.0 Å². The van der Waals surface area contributed by atoms with Gasteiger partial charge >= 0.3 is 6.09 Å². The lowest BCUT2D eigenvalue weighted by molar-refractivity contribution is 0.0112. The van der Waals surface area contributed by atoms with Crippen LogP contribution in [0.25, 0.3) is 0 Å². The highest BCUT2D eigenvalue weighted by Gasteiger charge is 2.35. The second-order valence-electron chi connectivity index (χ2n) is 9.14. The van der Waals surface area contributed by atoms with Crippen LogP contribution in [-0.2, 0) is 9.16 Å². The van der Waals surface area contributed by atoms with E-state index in [9.17, 15) is 9.90 Å². The molecule has 1 aliphatic rings. The van der Waals surface area contributed by atoms with E-state index in [1.807, 2.05) is 20.8 Å². The molecule has 5 nitrogen and oxygen atoms in total. The molecule has 1 unspecified atom stereocenters. The molecule has 0 radical (unpaired) electrons. The summed E-state index contributed by atoms with van der Waals surface area (Å²) in [4.78, 5) is 12.1. The van der Waals surface area contributed by atoms with Crippen LogP contribution in [0.1, 0.15) is 60.8 Å². The first-order valence-corrected chi connectivity index (χ1v) is 11.5. The van der Waals surface area contributed by atoms with Crippen LogP contribution in [0.4, 0.5) is 4.79 Å². The molecule has 0 aliphatic heterocycles. The summed E-state index contributed by atoms with van der Waals surface area (Å²) in [5.74, 6) is 0. The molecule has 0 aromatic rings. The van der Waals surface area contributed by atoms with E-state index in [0.29, 0.717) is 19.3 Å². The Balaban J connectivity index is 2.78. The van der Waals surface area contributed by atoms with Crippen LogP contribution in [0.15, 0.2) is 0 Å². The van der Waals surface area contributed by atoms with Gasteiger partial charge in [-0.15, -0.1) is 18.1 Å². The molecule has 0 heterocycles. The molecular formula is C17H35NO4Si-. The second-order valence-corrected chi connectivity index (χ2v) is 13.9. The molecule has 6 heteroatoms. The number of hydrogen-bond donors (Lipinski definition) is 2. The molecule has 1 fully saturated rings. The van der Waals surface area contributed by atoms with Crippen molar-refractivity contribution in [2.24, 2.45) is 0 Å². The third-order valence-electron chi connectivity index (χ3n) is 4.72. The first-order valence-electron chi connectivity index (χ1n) is 8.57. The van der Waals surface area contributed by atoms with E-state index in [1.165, 1.54) is 0 Å². The molecule has 137 valence electrons. The van der Waals surface area contributed by atoms with Crippen molar-refractivity contribution in [3.63, 3.8) is 0 Å². The molecule has 1 aliphatic carbocycles. The number of carbonyl (C=O) groups excluding carboxylic acids is 1. The van der Waals surface area contributed by atoms with Gasteiger partial charge in [-0.25, -0.2) is 4.79 Å². The normalized spacial score (nSPS) is 26.7. The van der Waals surface area contributed by atoms with Crippen LogP contribution >= 0.6 is 0 Å². The molecule has 0 bridgehead atoms. The van der Waals surface area contributed by atoms with Gasteiger partial charge in [0.1, 0.15) is 5.60 Å². The first kappa shape index (κ1) is 20.5. The van der Waals surface area contributed by atoms with Gasteiger partial charge in [-0.3, -0.25) is 0 Å². The predicted molar refractivity (Wildman–Crippen MR) is 95.1 cm³/mol. The Morgan fingerprint density at radius 3 is 2.17 bits per heavy atom. The number of amides is 1. The zero-order valence-electron chi connectivity index (χ0n) is 16.0. The number of aliphatic hydroxyl groups is 1. The van der Waals surface area contributed by atoms with E-state index in [-0.39, 0.29) is 23.3 Å². The van der Waals surface area contributed by atoms with Crippen LogP contribution in [0, 0.1) is 0 Å². The van der Waals surface area contributed by atoms with Gasteiger partial charge in [0.05, 0.1) is 12.1 Å². The Morgan fingerprint density at radius 2 is 1.70 bits per heavy atom. The first-order chi connectivity index (χ1) is 10.2. The minimum absolute atomic E-state index is 0.0892. The van der Waals surface area contributed by atoms with Crippen LogP contribution in [0.2, 0.25) is 18.1 Å². The Kier molecular flexibility index (Phi) is 6.32. The van der Waals surface area contributed by atoms with Crippen molar-refractivity contribution < 1.29 is 19.1 Å². The van der Waals surface area contributed by atoms with Crippen molar-refractivity contribution in [3.05, 3.63) is 0 Å². The summed E-state index contributed by atoms with van der Waals surface area (Å²) in [6, 6.07) is -0.109. The van der Waals surface area contributed by atoms with Crippen molar-refractivity contribution in [2.75, 3.05) is 0 Å². The number of carbonyl (C=O) groups is 1. The molecule has 0 saturated heterocycles. The van der Waals surface area contributed by atoms with E-state index in [2.05, 4.69) is 39.2 Å². The predicted octanol–water partition coefficient (Wildman–Crippen LogP) is 3.81. The van der Waals surface area contributed by atoms with Gasteiger partial charge in [-0.1, -0.05) is 20.8 Å². The largest absolute Gasteiger partial charge is 0.561 e. The van der Waals surface area contributed by atoms with Gasteiger partial charge in [-0.2, -0.15) is 0 Å². The Morgan fingerprint density at radius 1 is 1.13 bits per heavy atom. The molecule has 1 saturated carbocycles. The lowest BCUT2D eigenvalue weighted by atomic mass is 9.90. The Hall–Kier alpha value is -0.593. The van der Waals surface area contributed by atoms with Crippen molar-refractivity contribution in [2.45, 2.75) is 103 Å². The van der Waals surface area contributed by atoms with E-state index in [1.54, 1.807) is 0 Å². The molecule has 1 rings (SSSR count). The summed E-state index contributed by atoms with van der Waals surface area (Å²) < 4.78 is 11.8. The highest BCUT2D eigenvalue weighted by Crippen LogP contribution is 2.39.